The van der Waals surface area contributed by atoms with Crippen molar-refractivity contribution in [1.82, 2.24) is 29.6 Å². The van der Waals surface area contributed by atoms with Crippen molar-refractivity contribution in [3.05, 3.63) is 61.2 Å². The zero-order chi connectivity index (χ0) is 23.3. The van der Waals surface area contributed by atoms with Gasteiger partial charge in [0, 0.05) is 45.1 Å². The van der Waals surface area contributed by atoms with Crippen LogP contribution in [0.25, 0.3) is 0 Å². The minimum absolute atomic E-state index is 0.0690. The standard InChI is InChI=1S/C23H25N7O3S/c1-2-10-30-21(19-15-32-17-6-3-4-7-18(17)33-19)26-27-23(30)34-16-20(31)28-11-13-29(14-12-28)22-24-8-5-9-25-22/h2-9,19H,1,10-16H2/t19-/m0/s1. The van der Waals surface area contributed by atoms with Crippen LogP contribution in [-0.4, -0.2) is 74.1 Å². The summed E-state index contributed by atoms with van der Waals surface area (Å²) in [6.07, 6.45) is 4.85. The number of rotatable bonds is 7. The normalized spacial score (nSPS) is 17.5. The van der Waals surface area contributed by atoms with Gasteiger partial charge in [-0.3, -0.25) is 9.36 Å². The number of para-hydroxylation sites is 2. The molecule has 11 heteroatoms. The fraction of sp³-hybridized carbons (Fsp3) is 0.348. The lowest BCUT2D eigenvalue weighted by molar-refractivity contribution is -0.128. The van der Waals surface area contributed by atoms with Crippen molar-refractivity contribution < 1.29 is 14.3 Å². The van der Waals surface area contributed by atoms with Crippen molar-refractivity contribution in [2.24, 2.45) is 0 Å². The molecule has 2 aliphatic heterocycles. The van der Waals surface area contributed by atoms with E-state index in [9.17, 15) is 4.79 Å². The Morgan fingerprint density at radius 3 is 2.62 bits per heavy atom. The van der Waals surface area contributed by atoms with E-state index in [-0.39, 0.29) is 17.8 Å². The van der Waals surface area contributed by atoms with Gasteiger partial charge in [-0.15, -0.1) is 16.8 Å². The minimum atomic E-state index is -0.388. The molecule has 0 unspecified atom stereocenters. The highest BCUT2D eigenvalue weighted by Gasteiger charge is 2.29. The van der Waals surface area contributed by atoms with Gasteiger partial charge in [-0.05, 0) is 18.2 Å². The number of carbonyl (C=O) groups excluding carboxylic acids is 1. The third-order valence-corrected chi connectivity index (χ3v) is 6.60. The molecule has 10 nitrogen and oxygen atoms in total. The van der Waals surface area contributed by atoms with Crippen molar-refractivity contribution in [3.63, 3.8) is 0 Å². The van der Waals surface area contributed by atoms with Crippen LogP contribution in [0.5, 0.6) is 11.5 Å². The summed E-state index contributed by atoms with van der Waals surface area (Å²) in [4.78, 5) is 25.4. The zero-order valence-electron chi connectivity index (χ0n) is 18.6. The van der Waals surface area contributed by atoms with Crippen LogP contribution in [-0.2, 0) is 11.3 Å². The van der Waals surface area contributed by atoms with Gasteiger partial charge in [0.2, 0.25) is 11.9 Å². The lowest BCUT2D eigenvalue weighted by atomic mass is 10.2. The Morgan fingerprint density at radius 1 is 1.09 bits per heavy atom. The van der Waals surface area contributed by atoms with Crippen molar-refractivity contribution >= 4 is 23.6 Å². The highest BCUT2D eigenvalue weighted by molar-refractivity contribution is 7.99. The van der Waals surface area contributed by atoms with E-state index in [2.05, 4.69) is 31.6 Å². The summed E-state index contributed by atoms with van der Waals surface area (Å²) < 4.78 is 13.9. The van der Waals surface area contributed by atoms with Gasteiger partial charge in [0.25, 0.3) is 0 Å². The molecule has 0 bridgehead atoms. The molecule has 0 aliphatic carbocycles. The fourth-order valence-corrected chi connectivity index (χ4v) is 4.78. The number of amides is 1. The Labute approximate surface area is 201 Å². The van der Waals surface area contributed by atoms with Crippen LogP contribution < -0.4 is 14.4 Å². The molecule has 1 aromatic carbocycles. The van der Waals surface area contributed by atoms with E-state index in [0.29, 0.717) is 67.8 Å². The van der Waals surface area contributed by atoms with Gasteiger partial charge in [0.15, 0.2) is 28.6 Å². The summed E-state index contributed by atoms with van der Waals surface area (Å²) in [5, 5.41) is 9.35. The largest absolute Gasteiger partial charge is 0.485 e. The fourth-order valence-electron chi connectivity index (χ4n) is 3.92. The monoisotopic (exact) mass is 479 g/mol. The first-order valence-electron chi connectivity index (χ1n) is 11.1. The number of fused-ring (bicyclic) bond motifs is 1. The third kappa shape index (κ3) is 4.69. The van der Waals surface area contributed by atoms with E-state index >= 15 is 0 Å². The topological polar surface area (TPSA) is 98.5 Å². The number of aromatic nitrogens is 5. The molecule has 1 saturated heterocycles. The number of ether oxygens (including phenoxy) is 2. The van der Waals surface area contributed by atoms with Gasteiger partial charge in [-0.2, -0.15) is 0 Å². The predicted octanol–water partition coefficient (Wildman–Crippen LogP) is 2.21. The smallest absolute Gasteiger partial charge is 0.233 e. The number of thioether (sulfide) groups is 1. The van der Waals surface area contributed by atoms with E-state index in [1.54, 1.807) is 24.5 Å². The lowest BCUT2D eigenvalue weighted by Crippen LogP contribution is -2.49. The van der Waals surface area contributed by atoms with Crippen LogP contribution in [0.4, 0.5) is 5.95 Å². The molecule has 1 atom stereocenters. The Morgan fingerprint density at radius 2 is 1.85 bits per heavy atom. The molecular weight excluding hydrogens is 454 g/mol. The first-order chi connectivity index (χ1) is 16.7. The number of nitrogens with zero attached hydrogens (tertiary/aromatic N) is 7. The summed E-state index contributed by atoms with van der Waals surface area (Å²) in [5.74, 6) is 3.09. The highest BCUT2D eigenvalue weighted by Crippen LogP contribution is 2.36. The van der Waals surface area contributed by atoms with Crippen molar-refractivity contribution in [2.75, 3.05) is 43.4 Å². The van der Waals surface area contributed by atoms with Crippen LogP contribution in [0.2, 0.25) is 0 Å². The van der Waals surface area contributed by atoms with E-state index in [0.717, 1.165) is 0 Å². The van der Waals surface area contributed by atoms with E-state index in [4.69, 9.17) is 9.47 Å². The van der Waals surface area contributed by atoms with Crippen molar-refractivity contribution in [2.45, 2.75) is 17.8 Å². The summed E-state index contributed by atoms with van der Waals surface area (Å²) >= 11 is 1.37. The minimum Gasteiger partial charge on any atom is -0.485 e. The van der Waals surface area contributed by atoms with E-state index < -0.39 is 0 Å². The number of hydrogen-bond donors (Lipinski definition) is 0. The number of hydrogen-bond acceptors (Lipinski definition) is 9. The van der Waals surface area contributed by atoms with Crippen LogP contribution >= 0.6 is 11.8 Å². The maximum Gasteiger partial charge on any atom is 0.233 e. The Bertz CT molecular complexity index is 1150. The summed E-state index contributed by atoms with van der Waals surface area (Å²) in [7, 11) is 0. The molecule has 2 aromatic heterocycles. The number of anilines is 1. The molecule has 0 saturated carbocycles. The summed E-state index contributed by atoms with van der Waals surface area (Å²) in [6.45, 7) is 7.38. The Hall–Kier alpha value is -3.60. The average Bonchev–Trinajstić information content (AvgIpc) is 3.30. The van der Waals surface area contributed by atoms with Crippen molar-refractivity contribution in [3.8, 4) is 11.5 Å². The SMILES string of the molecule is C=CCn1c(SCC(=O)N2CCN(c3ncccn3)CC2)nnc1[C@@H]1COc2ccccc2O1. The maximum atomic E-state index is 12.9. The van der Waals surface area contributed by atoms with Crippen LogP contribution in [0.1, 0.15) is 11.9 Å². The molecule has 5 rings (SSSR count). The molecule has 1 amide bonds. The zero-order valence-corrected chi connectivity index (χ0v) is 19.4. The number of piperazine rings is 1. The Balaban J connectivity index is 1.20. The van der Waals surface area contributed by atoms with E-state index in [1.165, 1.54) is 11.8 Å². The van der Waals surface area contributed by atoms with Gasteiger partial charge in [0.05, 0.1) is 5.75 Å². The average molecular weight is 480 g/mol. The molecule has 34 heavy (non-hydrogen) atoms. The van der Waals surface area contributed by atoms with Crippen LogP contribution in [0.15, 0.2) is 60.5 Å². The predicted molar refractivity (Wildman–Crippen MR) is 127 cm³/mol. The number of carbonyl (C=O) groups is 1. The second-order valence-corrected chi connectivity index (χ2v) is 8.75. The van der Waals surface area contributed by atoms with Gasteiger partial charge in [-0.25, -0.2) is 9.97 Å². The van der Waals surface area contributed by atoms with Gasteiger partial charge in [0.1, 0.15) is 6.61 Å². The molecule has 1 fully saturated rings. The summed E-state index contributed by atoms with van der Waals surface area (Å²) in [5.41, 5.74) is 0. The highest BCUT2D eigenvalue weighted by atomic mass is 32.2. The second kappa shape index (κ2) is 10.1. The lowest BCUT2D eigenvalue weighted by Gasteiger charge is -2.34. The molecule has 2 aliphatic rings. The van der Waals surface area contributed by atoms with Gasteiger partial charge in [-0.1, -0.05) is 30.0 Å². The maximum absolute atomic E-state index is 12.9. The molecule has 176 valence electrons. The summed E-state index contributed by atoms with van der Waals surface area (Å²) in [6, 6.07) is 9.35. The Kier molecular flexibility index (Phi) is 6.61. The molecule has 0 radical (unpaired) electrons. The molecule has 4 heterocycles. The first kappa shape index (κ1) is 22.2. The van der Waals surface area contributed by atoms with E-state index in [1.807, 2.05) is 33.7 Å². The van der Waals surface area contributed by atoms with Crippen LogP contribution in [0, 0.1) is 0 Å². The first-order valence-corrected chi connectivity index (χ1v) is 12.1. The third-order valence-electron chi connectivity index (χ3n) is 5.65. The molecular formula is C23H25N7O3S. The quantitative estimate of drug-likeness (QED) is 0.373. The van der Waals surface area contributed by atoms with Crippen LogP contribution in [0.3, 0.4) is 0 Å². The second-order valence-electron chi connectivity index (χ2n) is 7.81. The molecule has 0 spiro atoms. The van der Waals surface area contributed by atoms with Gasteiger partial charge < -0.3 is 19.3 Å². The molecule has 0 N–H and O–H groups in total. The number of benzene rings is 1. The van der Waals surface area contributed by atoms with Gasteiger partial charge >= 0.3 is 0 Å². The van der Waals surface area contributed by atoms with Crippen molar-refractivity contribution in [1.29, 1.82) is 0 Å². The molecule has 3 aromatic rings. The number of allylic oxidation sites excluding steroid dienone is 1.